The van der Waals surface area contributed by atoms with E-state index in [0.717, 1.165) is 22.2 Å². The van der Waals surface area contributed by atoms with Crippen LogP contribution in [0.25, 0.3) is 0 Å². The number of nitrogens with two attached hydrogens (primary N) is 1. The third-order valence-corrected chi connectivity index (χ3v) is 3.19. The molecular weight excluding hydrogens is 308 g/mol. The number of hydrogen-bond acceptors (Lipinski definition) is 4. The summed E-state index contributed by atoms with van der Waals surface area (Å²) in [5, 5.41) is 0. The third kappa shape index (κ3) is 3.68. The zero-order valence-electron chi connectivity index (χ0n) is 10.6. The molecule has 0 saturated heterocycles. The van der Waals surface area contributed by atoms with Crippen molar-refractivity contribution in [2.75, 3.05) is 13.7 Å². The summed E-state index contributed by atoms with van der Waals surface area (Å²) in [4.78, 5) is 4.14. The van der Waals surface area contributed by atoms with Crippen molar-refractivity contribution >= 4 is 15.9 Å². The zero-order chi connectivity index (χ0) is 13.7. The summed E-state index contributed by atoms with van der Waals surface area (Å²) in [7, 11) is 1.63. The minimum Gasteiger partial charge on any atom is -0.497 e. The number of pyridine rings is 1. The van der Waals surface area contributed by atoms with Gasteiger partial charge in [0.2, 0.25) is 0 Å². The van der Waals surface area contributed by atoms with Gasteiger partial charge in [-0.25, -0.2) is 0 Å². The molecule has 4 nitrogen and oxygen atoms in total. The number of rotatable bonds is 5. The van der Waals surface area contributed by atoms with Crippen LogP contribution < -0.4 is 15.2 Å². The highest BCUT2D eigenvalue weighted by molar-refractivity contribution is 9.10. The first-order valence-corrected chi connectivity index (χ1v) is 6.67. The van der Waals surface area contributed by atoms with Crippen LogP contribution in [-0.4, -0.2) is 18.6 Å². The molecule has 0 amide bonds. The molecular formula is C14H15BrN2O2. The Morgan fingerprint density at radius 3 is 2.74 bits per heavy atom. The van der Waals surface area contributed by atoms with Crippen LogP contribution in [0, 0.1) is 0 Å². The average Bonchev–Trinajstić information content (AvgIpc) is 2.42. The number of ether oxygens (including phenoxy) is 2. The second kappa shape index (κ2) is 6.54. The summed E-state index contributed by atoms with van der Waals surface area (Å²) in [6, 6.07) is 7.48. The number of nitrogens with zero attached hydrogens (tertiary/aromatic N) is 1. The van der Waals surface area contributed by atoms with Crippen molar-refractivity contribution in [3.05, 3.63) is 46.7 Å². The van der Waals surface area contributed by atoms with Gasteiger partial charge in [0.15, 0.2) is 0 Å². The van der Waals surface area contributed by atoms with Gasteiger partial charge in [-0.05, 0) is 58.7 Å². The fourth-order valence-corrected chi connectivity index (χ4v) is 2.08. The first-order chi connectivity index (χ1) is 9.22. The molecule has 100 valence electrons. The Morgan fingerprint density at radius 1 is 1.21 bits per heavy atom. The molecule has 1 aromatic carbocycles. The Kier molecular flexibility index (Phi) is 4.76. The monoisotopic (exact) mass is 322 g/mol. The molecule has 0 saturated carbocycles. The lowest BCUT2D eigenvalue weighted by atomic mass is 10.2. The molecule has 5 heteroatoms. The molecule has 0 atom stereocenters. The van der Waals surface area contributed by atoms with Crippen LogP contribution in [0.2, 0.25) is 0 Å². The molecule has 1 aromatic heterocycles. The maximum atomic E-state index is 5.79. The Balaban J connectivity index is 2.18. The number of hydrogen-bond donors (Lipinski definition) is 1. The smallest absolute Gasteiger partial charge is 0.146 e. The molecule has 0 aliphatic rings. The standard InChI is InChI=1S/C14H15BrN2O2/c1-18-11-2-3-14(13(15)7-11)19-12-6-10(4-5-16)8-17-9-12/h2-3,6-9H,4-5,16H2,1H3. The van der Waals surface area contributed by atoms with Gasteiger partial charge >= 0.3 is 0 Å². The van der Waals surface area contributed by atoms with E-state index < -0.39 is 0 Å². The van der Waals surface area contributed by atoms with E-state index >= 15 is 0 Å². The van der Waals surface area contributed by atoms with Crippen molar-refractivity contribution in [1.29, 1.82) is 0 Å². The normalized spacial score (nSPS) is 10.3. The molecule has 0 bridgehead atoms. The maximum absolute atomic E-state index is 5.79. The van der Waals surface area contributed by atoms with Crippen molar-refractivity contribution in [2.24, 2.45) is 5.73 Å². The van der Waals surface area contributed by atoms with E-state index in [0.29, 0.717) is 18.0 Å². The molecule has 0 unspecified atom stereocenters. The van der Waals surface area contributed by atoms with Crippen molar-refractivity contribution in [3.63, 3.8) is 0 Å². The van der Waals surface area contributed by atoms with E-state index in [2.05, 4.69) is 20.9 Å². The van der Waals surface area contributed by atoms with E-state index in [1.165, 1.54) is 0 Å². The van der Waals surface area contributed by atoms with Gasteiger partial charge in [0.1, 0.15) is 17.2 Å². The maximum Gasteiger partial charge on any atom is 0.146 e. The number of halogens is 1. The lowest BCUT2D eigenvalue weighted by molar-refractivity contribution is 0.412. The van der Waals surface area contributed by atoms with Gasteiger partial charge in [-0.3, -0.25) is 4.98 Å². The summed E-state index contributed by atoms with van der Waals surface area (Å²) in [5.41, 5.74) is 6.59. The minimum absolute atomic E-state index is 0.595. The topological polar surface area (TPSA) is 57.4 Å². The Hall–Kier alpha value is -1.59. The lowest BCUT2D eigenvalue weighted by Gasteiger charge is -2.09. The molecule has 1 heterocycles. The van der Waals surface area contributed by atoms with Crippen molar-refractivity contribution in [3.8, 4) is 17.2 Å². The fraction of sp³-hybridized carbons (Fsp3) is 0.214. The SMILES string of the molecule is COc1ccc(Oc2cncc(CCN)c2)c(Br)c1. The van der Waals surface area contributed by atoms with E-state index in [4.69, 9.17) is 15.2 Å². The average molecular weight is 323 g/mol. The third-order valence-electron chi connectivity index (χ3n) is 2.57. The minimum atomic E-state index is 0.595. The van der Waals surface area contributed by atoms with Crippen LogP contribution in [0.15, 0.2) is 41.1 Å². The highest BCUT2D eigenvalue weighted by Crippen LogP contribution is 2.32. The van der Waals surface area contributed by atoms with Gasteiger partial charge in [0.25, 0.3) is 0 Å². The van der Waals surface area contributed by atoms with Gasteiger partial charge < -0.3 is 15.2 Å². The van der Waals surface area contributed by atoms with Crippen LogP contribution in [-0.2, 0) is 6.42 Å². The van der Waals surface area contributed by atoms with E-state index in [-0.39, 0.29) is 0 Å². The molecule has 0 spiro atoms. The molecule has 2 rings (SSSR count). The highest BCUT2D eigenvalue weighted by atomic mass is 79.9. The van der Waals surface area contributed by atoms with Crippen LogP contribution in [0.4, 0.5) is 0 Å². The number of benzene rings is 1. The summed E-state index contributed by atoms with van der Waals surface area (Å²) < 4.78 is 11.8. The van der Waals surface area contributed by atoms with Crippen LogP contribution in [0.5, 0.6) is 17.2 Å². The van der Waals surface area contributed by atoms with Crippen LogP contribution in [0.1, 0.15) is 5.56 Å². The largest absolute Gasteiger partial charge is 0.497 e. The van der Waals surface area contributed by atoms with E-state index in [9.17, 15) is 0 Å². The van der Waals surface area contributed by atoms with Gasteiger partial charge in [-0.2, -0.15) is 0 Å². The second-order valence-corrected chi connectivity index (χ2v) is 4.82. The van der Waals surface area contributed by atoms with Crippen LogP contribution >= 0.6 is 15.9 Å². The summed E-state index contributed by atoms with van der Waals surface area (Å²) in [6.07, 6.45) is 4.26. The van der Waals surface area contributed by atoms with Gasteiger partial charge in [-0.15, -0.1) is 0 Å². The molecule has 0 fully saturated rings. The summed E-state index contributed by atoms with van der Waals surface area (Å²) in [5.74, 6) is 2.18. The van der Waals surface area contributed by atoms with Gasteiger partial charge in [0.05, 0.1) is 17.8 Å². The van der Waals surface area contributed by atoms with Crippen molar-refractivity contribution < 1.29 is 9.47 Å². The highest BCUT2D eigenvalue weighted by Gasteiger charge is 2.05. The molecule has 0 aliphatic heterocycles. The Bertz CT molecular complexity index is 561. The Labute approximate surface area is 120 Å². The second-order valence-electron chi connectivity index (χ2n) is 3.97. The molecule has 2 aromatic rings. The lowest BCUT2D eigenvalue weighted by Crippen LogP contribution is -2.03. The predicted molar refractivity (Wildman–Crippen MR) is 77.8 cm³/mol. The van der Waals surface area contributed by atoms with E-state index in [1.54, 1.807) is 19.5 Å². The van der Waals surface area contributed by atoms with Crippen LogP contribution in [0.3, 0.4) is 0 Å². The molecule has 19 heavy (non-hydrogen) atoms. The molecule has 0 aliphatic carbocycles. The van der Waals surface area contributed by atoms with Gasteiger partial charge in [0, 0.05) is 6.20 Å². The first-order valence-electron chi connectivity index (χ1n) is 5.88. The zero-order valence-corrected chi connectivity index (χ0v) is 12.2. The number of aromatic nitrogens is 1. The molecule has 0 radical (unpaired) electrons. The summed E-state index contributed by atoms with van der Waals surface area (Å²) >= 11 is 3.45. The predicted octanol–water partition coefficient (Wildman–Crippen LogP) is 3.15. The molecule has 2 N–H and O–H groups in total. The number of methoxy groups -OCH3 is 1. The Morgan fingerprint density at radius 2 is 2.05 bits per heavy atom. The fourth-order valence-electron chi connectivity index (χ4n) is 1.64. The van der Waals surface area contributed by atoms with Crippen molar-refractivity contribution in [2.45, 2.75) is 6.42 Å². The van der Waals surface area contributed by atoms with Crippen molar-refractivity contribution in [1.82, 2.24) is 4.98 Å². The summed E-state index contributed by atoms with van der Waals surface area (Å²) in [6.45, 7) is 0.595. The first kappa shape index (κ1) is 13.8. The quantitative estimate of drug-likeness (QED) is 0.918. The van der Waals surface area contributed by atoms with E-state index in [1.807, 2.05) is 24.3 Å². The van der Waals surface area contributed by atoms with Gasteiger partial charge in [-0.1, -0.05) is 0 Å².